The zero-order valence-electron chi connectivity index (χ0n) is 8.43. The second-order valence-corrected chi connectivity index (χ2v) is 3.08. The molecule has 1 nitrogen and oxygen atoms in total. The smallest absolute Gasteiger partial charge is 0.0882 e. The van der Waals surface area contributed by atoms with Gasteiger partial charge in [-0.1, -0.05) is 18.6 Å². The third-order valence-electron chi connectivity index (χ3n) is 2.07. The maximum absolute atomic E-state index is 8.59. The van der Waals surface area contributed by atoms with Gasteiger partial charge in [-0.2, -0.15) is 0 Å². The highest BCUT2D eigenvalue weighted by Crippen LogP contribution is 2.13. The zero-order valence-corrected chi connectivity index (χ0v) is 8.43. The van der Waals surface area contributed by atoms with E-state index < -0.39 is 0 Å². The summed E-state index contributed by atoms with van der Waals surface area (Å²) in [5.41, 5.74) is 1.47. The fraction of sp³-hybridized carbons (Fsp3) is 0.636. The van der Waals surface area contributed by atoms with E-state index in [0.29, 0.717) is 5.76 Å². The summed E-state index contributed by atoms with van der Waals surface area (Å²) in [6, 6.07) is 0. The quantitative estimate of drug-likeness (QED) is 0.587. The Morgan fingerprint density at radius 3 is 2.42 bits per heavy atom. The molecule has 12 heavy (non-hydrogen) atoms. The van der Waals surface area contributed by atoms with Crippen molar-refractivity contribution in [1.29, 1.82) is 0 Å². The number of allylic oxidation sites excluding steroid dienone is 4. The van der Waals surface area contributed by atoms with Crippen LogP contribution in [0.25, 0.3) is 0 Å². The fourth-order valence-corrected chi connectivity index (χ4v) is 0.858. The Morgan fingerprint density at radius 2 is 2.33 bits per heavy atom. The maximum Gasteiger partial charge on any atom is 0.0882 e. The Morgan fingerprint density at radius 1 is 1.67 bits per heavy atom. The summed E-state index contributed by atoms with van der Waals surface area (Å²) in [4.78, 5) is 0. The van der Waals surface area contributed by atoms with Crippen LogP contribution in [0.2, 0.25) is 0 Å². The van der Waals surface area contributed by atoms with Crippen molar-refractivity contribution >= 4 is 0 Å². The van der Waals surface area contributed by atoms with Gasteiger partial charge in [0.2, 0.25) is 0 Å². The lowest BCUT2D eigenvalue weighted by atomic mass is 10.2. The van der Waals surface area contributed by atoms with Crippen LogP contribution in [0.5, 0.6) is 0 Å². The molecule has 1 aliphatic rings. The van der Waals surface area contributed by atoms with Gasteiger partial charge in [-0.3, -0.25) is 0 Å². The predicted molar refractivity (Wildman–Crippen MR) is 54.3 cm³/mol. The molecule has 0 unspecified atom stereocenters. The van der Waals surface area contributed by atoms with Crippen LogP contribution < -0.4 is 0 Å². The molecule has 0 saturated heterocycles. The molecule has 0 aromatic heterocycles. The lowest BCUT2D eigenvalue weighted by Gasteiger charge is -1.85. The van der Waals surface area contributed by atoms with Crippen LogP contribution in [-0.2, 0) is 0 Å². The molecule has 0 aliphatic heterocycles. The first-order valence-electron chi connectivity index (χ1n) is 4.70. The summed E-state index contributed by atoms with van der Waals surface area (Å²) in [6.07, 6.45) is 8.33. The number of rotatable bonds is 1. The van der Waals surface area contributed by atoms with Crippen molar-refractivity contribution in [2.45, 2.75) is 46.5 Å². The fourth-order valence-electron chi connectivity index (χ4n) is 0.858. The van der Waals surface area contributed by atoms with E-state index in [1.807, 2.05) is 6.08 Å². The topological polar surface area (TPSA) is 20.2 Å². The summed E-state index contributed by atoms with van der Waals surface area (Å²) in [5, 5.41) is 8.59. The van der Waals surface area contributed by atoms with Crippen LogP contribution in [0, 0.1) is 0 Å². The van der Waals surface area contributed by atoms with Gasteiger partial charge in [-0.15, -0.1) is 0 Å². The molecular formula is C11H20O. The first kappa shape index (κ1) is 11.3. The average Bonchev–Trinajstić information content (AvgIpc) is 2.55. The summed E-state index contributed by atoms with van der Waals surface area (Å²) in [7, 11) is 0. The molecule has 0 atom stereocenters. The molecule has 1 aliphatic carbocycles. The highest BCUT2D eigenvalue weighted by molar-refractivity contribution is 4.96. The van der Waals surface area contributed by atoms with Crippen LogP contribution in [0.3, 0.4) is 0 Å². The van der Waals surface area contributed by atoms with Crippen LogP contribution in [0.15, 0.2) is 23.5 Å². The molecule has 0 bridgehead atoms. The van der Waals surface area contributed by atoms with Crippen molar-refractivity contribution in [3.63, 3.8) is 0 Å². The average molecular weight is 168 g/mol. The van der Waals surface area contributed by atoms with Crippen molar-refractivity contribution in [1.82, 2.24) is 0 Å². The monoisotopic (exact) mass is 168 g/mol. The molecule has 0 amide bonds. The second-order valence-electron chi connectivity index (χ2n) is 3.08. The standard InChI is InChI=1S/C6H12.C5H8O/c1-4-6(3)5-2;6-5-3-1-2-4-5/h4H,5H2,1-3H3;3,6H,1-2,4H2. The minimum atomic E-state index is 0.579. The number of aliphatic hydroxyl groups is 1. The maximum atomic E-state index is 8.59. The van der Waals surface area contributed by atoms with Gasteiger partial charge in [0.15, 0.2) is 0 Å². The van der Waals surface area contributed by atoms with E-state index in [1.165, 1.54) is 12.0 Å². The zero-order chi connectivity index (χ0) is 9.40. The molecular weight excluding hydrogens is 148 g/mol. The van der Waals surface area contributed by atoms with E-state index in [2.05, 4.69) is 26.8 Å². The highest BCUT2D eigenvalue weighted by Gasteiger charge is 1.98. The second kappa shape index (κ2) is 6.96. The minimum absolute atomic E-state index is 0.579. The van der Waals surface area contributed by atoms with Crippen molar-refractivity contribution in [3.05, 3.63) is 23.5 Å². The molecule has 0 aromatic rings. The van der Waals surface area contributed by atoms with Gasteiger partial charge in [-0.25, -0.2) is 0 Å². The van der Waals surface area contributed by atoms with E-state index in [1.54, 1.807) is 0 Å². The highest BCUT2D eigenvalue weighted by atomic mass is 16.3. The SMILES string of the molecule is CC=C(C)CC.OC1=CCCC1. The lowest BCUT2D eigenvalue weighted by Crippen LogP contribution is -1.66. The van der Waals surface area contributed by atoms with Crippen LogP contribution >= 0.6 is 0 Å². The van der Waals surface area contributed by atoms with Crippen molar-refractivity contribution in [3.8, 4) is 0 Å². The Kier molecular flexibility index (Phi) is 6.54. The van der Waals surface area contributed by atoms with Crippen molar-refractivity contribution in [2.75, 3.05) is 0 Å². The van der Waals surface area contributed by atoms with E-state index in [0.717, 1.165) is 19.3 Å². The molecule has 0 saturated carbocycles. The molecule has 0 heterocycles. The molecule has 1 rings (SSSR count). The van der Waals surface area contributed by atoms with Gasteiger partial charge in [0.1, 0.15) is 0 Å². The minimum Gasteiger partial charge on any atom is -0.513 e. The van der Waals surface area contributed by atoms with Gasteiger partial charge >= 0.3 is 0 Å². The lowest BCUT2D eigenvalue weighted by molar-refractivity contribution is 0.397. The summed E-state index contributed by atoms with van der Waals surface area (Å²) < 4.78 is 0. The van der Waals surface area contributed by atoms with E-state index >= 15 is 0 Å². The van der Waals surface area contributed by atoms with Gasteiger partial charge in [0.25, 0.3) is 0 Å². The first-order chi connectivity index (χ1) is 5.70. The largest absolute Gasteiger partial charge is 0.513 e. The molecule has 0 spiro atoms. The van der Waals surface area contributed by atoms with E-state index in [4.69, 9.17) is 5.11 Å². The Balaban J connectivity index is 0.000000202. The van der Waals surface area contributed by atoms with Gasteiger partial charge < -0.3 is 5.11 Å². The van der Waals surface area contributed by atoms with E-state index in [9.17, 15) is 0 Å². The molecule has 1 heteroatoms. The Hall–Kier alpha value is -0.720. The summed E-state index contributed by atoms with van der Waals surface area (Å²) >= 11 is 0. The molecule has 70 valence electrons. The third-order valence-corrected chi connectivity index (χ3v) is 2.07. The van der Waals surface area contributed by atoms with Crippen molar-refractivity contribution in [2.24, 2.45) is 0 Å². The molecule has 0 radical (unpaired) electrons. The van der Waals surface area contributed by atoms with E-state index in [-0.39, 0.29) is 0 Å². The first-order valence-corrected chi connectivity index (χ1v) is 4.70. The molecule has 1 N–H and O–H groups in total. The van der Waals surface area contributed by atoms with Crippen LogP contribution in [0.1, 0.15) is 46.5 Å². The Labute approximate surface area is 75.8 Å². The van der Waals surface area contributed by atoms with Gasteiger partial charge in [0, 0.05) is 6.42 Å². The van der Waals surface area contributed by atoms with Crippen LogP contribution in [0.4, 0.5) is 0 Å². The van der Waals surface area contributed by atoms with Gasteiger partial charge in [0.05, 0.1) is 5.76 Å². The van der Waals surface area contributed by atoms with Gasteiger partial charge in [-0.05, 0) is 39.2 Å². The third kappa shape index (κ3) is 6.02. The normalized spacial score (nSPS) is 16.6. The van der Waals surface area contributed by atoms with Crippen molar-refractivity contribution < 1.29 is 5.11 Å². The summed E-state index contributed by atoms with van der Waals surface area (Å²) in [6.45, 7) is 6.37. The molecule has 0 aromatic carbocycles. The number of aliphatic hydroxyl groups excluding tert-OH is 1. The molecule has 0 fully saturated rings. The summed E-state index contributed by atoms with van der Waals surface area (Å²) in [5.74, 6) is 0.579. The van der Waals surface area contributed by atoms with Crippen LogP contribution in [-0.4, -0.2) is 5.11 Å². The number of hydrogen-bond acceptors (Lipinski definition) is 1. The Bertz CT molecular complexity index is 166. The predicted octanol–water partition coefficient (Wildman–Crippen LogP) is 3.97. The number of hydrogen-bond donors (Lipinski definition) is 1.